The van der Waals surface area contributed by atoms with Crippen LogP contribution >= 0.6 is 0 Å². The monoisotopic (exact) mass is 401 g/mol. The molecule has 0 aliphatic rings. The number of carbonyl (C=O) groups excluding carboxylic acids is 1. The largest absolute Gasteiger partial charge is 0.497 e. The summed E-state index contributed by atoms with van der Waals surface area (Å²) >= 11 is 0. The highest BCUT2D eigenvalue weighted by Gasteiger charge is 2.12. The Kier molecular flexibility index (Phi) is 5.66. The Morgan fingerprint density at radius 2 is 1.73 bits per heavy atom. The topological polar surface area (TPSA) is 76.2 Å². The molecule has 0 bridgehead atoms. The Hall–Kier alpha value is -3.80. The number of aromatic amines is 1. The zero-order valence-corrected chi connectivity index (χ0v) is 16.9. The van der Waals surface area contributed by atoms with Crippen molar-refractivity contribution in [2.75, 3.05) is 13.7 Å². The van der Waals surface area contributed by atoms with E-state index in [1.807, 2.05) is 37.3 Å². The Balaban J connectivity index is 1.55. The van der Waals surface area contributed by atoms with Crippen LogP contribution < -0.4 is 14.8 Å². The van der Waals surface area contributed by atoms with Gasteiger partial charge in [-0.05, 0) is 59.7 Å². The zero-order chi connectivity index (χ0) is 20.9. The second-order valence-corrected chi connectivity index (χ2v) is 6.91. The summed E-state index contributed by atoms with van der Waals surface area (Å²) in [5.74, 6) is 1.99. The average molecular weight is 401 g/mol. The number of amides is 1. The van der Waals surface area contributed by atoms with E-state index in [0.717, 1.165) is 34.2 Å². The molecule has 0 aliphatic carbocycles. The maximum Gasteiger partial charge on any atom is 0.251 e. The molecule has 1 heterocycles. The second-order valence-electron chi connectivity index (χ2n) is 6.91. The van der Waals surface area contributed by atoms with Crippen LogP contribution in [0, 0.1) is 0 Å². The third-order valence-electron chi connectivity index (χ3n) is 4.81. The van der Waals surface area contributed by atoms with Gasteiger partial charge < -0.3 is 14.8 Å². The molecule has 6 heteroatoms. The molecular formula is C24H23N3O3. The number of nitrogens with one attached hydrogen (secondary N) is 2. The van der Waals surface area contributed by atoms with Crippen LogP contribution in [0.2, 0.25) is 0 Å². The highest BCUT2D eigenvalue weighted by molar-refractivity contribution is 5.94. The molecule has 0 fully saturated rings. The number of carbonyl (C=O) groups is 1. The van der Waals surface area contributed by atoms with Crippen LogP contribution in [0.4, 0.5) is 0 Å². The van der Waals surface area contributed by atoms with Crippen molar-refractivity contribution in [3.05, 3.63) is 72.4 Å². The Labute approximate surface area is 174 Å². The summed E-state index contributed by atoms with van der Waals surface area (Å²) in [6.07, 6.45) is 2.62. The van der Waals surface area contributed by atoms with Gasteiger partial charge in [-0.15, -0.1) is 0 Å². The first-order chi connectivity index (χ1) is 14.7. The van der Waals surface area contributed by atoms with Crippen molar-refractivity contribution >= 4 is 16.7 Å². The van der Waals surface area contributed by atoms with Gasteiger partial charge >= 0.3 is 0 Å². The van der Waals surface area contributed by atoms with Crippen molar-refractivity contribution in [1.29, 1.82) is 0 Å². The fourth-order valence-electron chi connectivity index (χ4n) is 3.20. The van der Waals surface area contributed by atoms with E-state index in [-0.39, 0.29) is 5.91 Å². The third kappa shape index (κ3) is 4.12. The van der Waals surface area contributed by atoms with Crippen LogP contribution in [0.1, 0.15) is 23.7 Å². The highest BCUT2D eigenvalue weighted by Crippen LogP contribution is 2.33. The minimum absolute atomic E-state index is 0.0832. The molecule has 0 radical (unpaired) electrons. The number of rotatable bonds is 7. The van der Waals surface area contributed by atoms with Crippen LogP contribution in [0.25, 0.3) is 22.0 Å². The first-order valence-electron chi connectivity index (χ1n) is 9.86. The fraction of sp³-hybridized carbons (Fsp3) is 0.167. The lowest BCUT2D eigenvalue weighted by molar-refractivity contribution is 0.0953. The van der Waals surface area contributed by atoms with Crippen molar-refractivity contribution in [3.8, 4) is 28.5 Å². The van der Waals surface area contributed by atoms with E-state index >= 15 is 0 Å². The number of fused-ring (bicyclic) bond motifs is 1. The number of benzene rings is 3. The number of hydrogen-bond donors (Lipinski definition) is 2. The second kappa shape index (κ2) is 8.69. The number of ether oxygens (including phenoxy) is 2. The number of hydrogen-bond acceptors (Lipinski definition) is 4. The molecule has 0 unspecified atom stereocenters. The minimum Gasteiger partial charge on any atom is -0.497 e. The Morgan fingerprint density at radius 3 is 2.50 bits per heavy atom. The number of methoxy groups -OCH3 is 1. The summed E-state index contributed by atoms with van der Waals surface area (Å²) in [6, 6.07) is 19.1. The Morgan fingerprint density at radius 1 is 1.00 bits per heavy atom. The van der Waals surface area contributed by atoms with Crippen molar-refractivity contribution in [3.63, 3.8) is 0 Å². The standard InChI is InChI=1S/C24H23N3O3/c1-3-12-25-24(28)16-6-9-20(10-7-16)30-22-15-26-27-23(22)19-5-4-18-14-21(29-2)11-8-17(18)13-19/h4-11,13-15H,3,12H2,1-2H3,(H,25,28)(H,26,27). The molecular weight excluding hydrogens is 378 g/mol. The van der Waals surface area contributed by atoms with Gasteiger partial charge in [-0.3, -0.25) is 9.89 Å². The number of nitrogens with zero attached hydrogens (tertiary/aromatic N) is 1. The lowest BCUT2D eigenvalue weighted by Gasteiger charge is -2.08. The van der Waals surface area contributed by atoms with Crippen molar-refractivity contribution in [1.82, 2.24) is 15.5 Å². The van der Waals surface area contributed by atoms with Crippen molar-refractivity contribution < 1.29 is 14.3 Å². The van der Waals surface area contributed by atoms with Gasteiger partial charge in [-0.1, -0.05) is 25.1 Å². The maximum absolute atomic E-state index is 12.0. The molecule has 4 aromatic rings. The van der Waals surface area contributed by atoms with Gasteiger partial charge in [-0.25, -0.2) is 0 Å². The van der Waals surface area contributed by atoms with Crippen molar-refractivity contribution in [2.45, 2.75) is 13.3 Å². The van der Waals surface area contributed by atoms with Gasteiger partial charge in [-0.2, -0.15) is 5.10 Å². The molecule has 30 heavy (non-hydrogen) atoms. The molecule has 152 valence electrons. The first kappa shape index (κ1) is 19.5. The lowest BCUT2D eigenvalue weighted by atomic mass is 10.0. The van der Waals surface area contributed by atoms with Crippen LogP contribution in [-0.4, -0.2) is 29.8 Å². The van der Waals surface area contributed by atoms with Crippen LogP contribution in [0.5, 0.6) is 17.2 Å². The van der Waals surface area contributed by atoms with E-state index < -0.39 is 0 Å². The average Bonchev–Trinajstić information content (AvgIpc) is 3.25. The van der Waals surface area contributed by atoms with E-state index in [2.05, 4.69) is 21.6 Å². The predicted octanol–water partition coefficient (Wildman–Crippen LogP) is 5.17. The summed E-state index contributed by atoms with van der Waals surface area (Å²) in [5.41, 5.74) is 2.27. The van der Waals surface area contributed by atoms with Gasteiger partial charge in [0, 0.05) is 17.7 Å². The van der Waals surface area contributed by atoms with E-state index in [1.54, 1.807) is 37.6 Å². The summed E-state index contributed by atoms with van der Waals surface area (Å²) in [7, 11) is 1.66. The Bertz CT molecular complexity index is 1170. The summed E-state index contributed by atoms with van der Waals surface area (Å²) in [5, 5.41) is 12.3. The van der Waals surface area contributed by atoms with E-state index in [9.17, 15) is 4.79 Å². The molecule has 3 aromatic carbocycles. The molecule has 4 rings (SSSR count). The molecule has 2 N–H and O–H groups in total. The molecule has 1 amide bonds. The van der Waals surface area contributed by atoms with Crippen molar-refractivity contribution in [2.24, 2.45) is 0 Å². The summed E-state index contributed by atoms with van der Waals surface area (Å²) in [4.78, 5) is 12.0. The van der Waals surface area contributed by atoms with Gasteiger partial charge in [0.15, 0.2) is 5.75 Å². The SMILES string of the molecule is CCCNC(=O)c1ccc(Oc2c[nH]nc2-c2ccc3cc(OC)ccc3c2)cc1. The quantitative estimate of drug-likeness (QED) is 0.448. The highest BCUT2D eigenvalue weighted by atomic mass is 16.5. The number of H-pyrrole nitrogens is 1. The molecule has 0 saturated carbocycles. The van der Waals surface area contributed by atoms with Gasteiger partial charge in [0.1, 0.15) is 17.2 Å². The van der Waals surface area contributed by atoms with E-state index in [1.165, 1.54) is 0 Å². The third-order valence-corrected chi connectivity index (χ3v) is 4.81. The molecule has 0 saturated heterocycles. The molecule has 0 spiro atoms. The summed E-state index contributed by atoms with van der Waals surface area (Å²) in [6.45, 7) is 2.68. The van der Waals surface area contributed by atoms with E-state index in [4.69, 9.17) is 9.47 Å². The first-order valence-corrected chi connectivity index (χ1v) is 9.86. The normalized spacial score (nSPS) is 10.7. The lowest BCUT2D eigenvalue weighted by Crippen LogP contribution is -2.23. The van der Waals surface area contributed by atoms with Crippen LogP contribution in [0.15, 0.2) is 66.9 Å². The zero-order valence-electron chi connectivity index (χ0n) is 16.9. The fourth-order valence-corrected chi connectivity index (χ4v) is 3.20. The molecule has 6 nitrogen and oxygen atoms in total. The number of aromatic nitrogens is 2. The van der Waals surface area contributed by atoms with E-state index in [0.29, 0.717) is 23.6 Å². The van der Waals surface area contributed by atoms with Gasteiger partial charge in [0.05, 0.1) is 13.3 Å². The van der Waals surface area contributed by atoms with Crippen LogP contribution in [-0.2, 0) is 0 Å². The summed E-state index contributed by atoms with van der Waals surface area (Å²) < 4.78 is 11.3. The molecule has 1 aromatic heterocycles. The van der Waals surface area contributed by atoms with Crippen LogP contribution in [0.3, 0.4) is 0 Å². The van der Waals surface area contributed by atoms with Gasteiger partial charge in [0.2, 0.25) is 0 Å². The maximum atomic E-state index is 12.0. The molecule has 0 atom stereocenters. The predicted molar refractivity (Wildman–Crippen MR) is 117 cm³/mol. The molecule has 0 aliphatic heterocycles. The smallest absolute Gasteiger partial charge is 0.251 e. The van der Waals surface area contributed by atoms with Gasteiger partial charge in [0.25, 0.3) is 5.91 Å². The minimum atomic E-state index is -0.0832.